The summed E-state index contributed by atoms with van der Waals surface area (Å²) < 4.78 is 39.8. The molecule has 3 aromatic rings. The molecule has 1 aliphatic heterocycles. The molecular formula is C26H32N4O6S. The largest absolute Gasteiger partial charge is 0.493 e. The van der Waals surface area contributed by atoms with E-state index >= 15 is 0 Å². The molecule has 1 unspecified atom stereocenters. The Bertz CT molecular complexity index is 1450. The average Bonchev–Trinajstić information content (AvgIpc) is 2.90. The van der Waals surface area contributed by atoms with Gasteiger partial charge >= 0.3 is 5.69 Å². The SMILES string of the molecule is COc1ccc(CCNC(=O)Cn2c(=O)ncc3cc(S(=O)(=O)N4CCCCC4C)ccc32)cc1OC. The van der Waals surface area contributed by atoms with Crippen LogP contribution in [0.5, 0.6) is 11.5 Å². The smallest absolute Gasteiger partial charge is 0.348 e. The highest BCUT2D eigenvalue weighted by Crippen LogP contribution is 2.28. The van der Waals surface area contributed by atoms with E-state index in [1.807, 2.05) is 19.1 Å². The van der Waals surface area contributed by atoms with Crippen LogP contribution < -0.4 is 20.5 Å². The van der Waals surface area contributed by atoms with E-state index in [1.165, 1.54) is 27.2 Å². The Morgan fingerprint density at radius 1 is 1.11 bits per heavy atom. The van der Waals surface area contributed by atoms with Gasteiger partial charge in [-0.15, -0.1) is 0 Å². The lowest BCUT2D eigenvalue weighted by Crippen LogP contribution is -2.41. The number of rotatable bonds is 9. The maximum absolute atomic E-state index is 13.2. The minimum atomic E-state index is -3.67. The Kier molecular flexibility index (Phi) is 8.13. The quantitative estimate of drug-likeness (QED) is 0.453. The second-order valence-corrected chi connectivity index (χ2v) is 11.0. The average molecular weight is 529 g/mol. The lowest BCUT2D eigenvalue weighted by atomic mass is 10.1. The minimum absolute atomic E-state index is 0.0655. The van der Waals surface area contributed by atoms with E-state index in [9.17, 15) is 18.0 Å². The molecule has 1 aromatic heterocycles. The number of nitrogens with one attached hydrogen (secondary N) is 1. The molecule has 11 heteroatoms. The molecule has 2 heterocycles. The number of piperidine rings is 1. The van der Waals surface area contributed by atoms with Gasteiger partial charge in [0.15, 0.2) is 11.5 Å². The molecule has 1 saturated heterocycles. The standard InChI is InChI=1S/C26H32N4O6S/c1-18-6-4-5-13-30(18)37(33,34)21-8-9-22-20(15-21)16-28-26(32)29(22)17-25(31)27-12-11-19-7-10-23(35-2)24(14-19)36-3/h7-10,14-16,18H,4-6,11-13,17H2,1-3H3,(H,27,31). The first kappa shape index (κ1) is 26.6. The fraction of sp³-hybridized carbons (Fsp3) is 0.423. The molecule has 1 fully saturated rings. The Morgan fingerprint density at radius 3 is 2.62 bits per heavy atom. The van der Waals surface area contributed by atoms with Crippen LogP contribution in [0.15, 0.2) is 52.3 Å². The molecule has 1 aliphatic rings. The Hall–Kier alpha value is -3.44. The summed E-state index contributed by atoms with van der Waals surface area (Å²) >= 11 is 0. The van der Waals surface area contributed by atoms with E-state index in [0.29, 0.717) is 41.9 Å². The van der Waals surface area contributed by atoms with Crippen molar-refractivity contribution in [1.82, 2.24) is 19.2 Å². The molecule has 0 aliphatic carbocycles. The number of carbonyl (C=O) groups excluding carboxylic acids is 1. The number of carbonyl (C=O) groups is 1. The molecule has 2 aromatic carbocycles. The third-order valence-corrected chi connectivity index (χ3v) is 8.68. The third kappa shape index (κ3) is 5.78. The number of fused-ring (bicyclic) bond motifs is 1. The molecule has 10 nitrogen and oxygen atoms in total. The topological polar surface area (TPSA) is 120 Å². The van der Waals surface area contributed by atoms with Crippen LogP contribution >= 0.6 is 0 Å². The number of nitrogens with zero attached hydrogens (tertiary/aromatic N) is 3. The van der Waals surface area contributed by atoms with Crippen molar-refractivity contribution in [1.29, 1.82) is 0 Å². The van der Waals surface area contributed by atoms with Gasteiger partial charge in [0.2, 0.25) is 15.9 Å². The van der Waals surface area contributed by atoms with Gasteiger partial charge < -0.3 is 14.8 Å². The molecule has 1 amide bonds. The third-order valence-electron chi connectivity index (χ3n) is 6.67. The summed E-state index contributed by atoms with van der Waals surface area (Å²) in [7, 11) is -0.547. The molecule has 198 valence electrons. The van der Waals surface area contributed by atoms with Crippen molar-refractivity contribution in [2.75, 3.05) is 27.3 Å². The van der Waals surface area contributed by atoms with Crippen molar-refractivity contribution in [2.45, 2.75) is 50.1 Å². The van der Waals surface area contributed by atoms with Gasteiger partial charge in [0.1, 0.15) is 6.54 Å². The molecule has 1 N–H and O–H groups in total. The lowest BCUT2D eigenvalue weighted by molar-refractivity contribution is -0.121. The second kappa shape index (κ2) is 11.3. The van der Waals surface area contributed by atoms with Crippen molar-refractivity contribution in [3.63, 3.8) is 0 Å². The Morgan fingerprint density at radius 2 is 1.89 bits per heavy atom. The van der Waals surface area contributed by atoms with Crippen molar-refractivity contribution in [2.24, 2.45) is 0 Å². The molecule has 1 atom stereocenters. The van der Waals surface area contributed by atoms with Crippen LogP contribution in [-0.4, -0.2) is 61.5 Å². The van der Waals surface area contributed by atoms with Crippen LogP contribution in [0.1, 0.15) is 31.7 Å². The van der Waals surface area contributed by atoms with Crippen molar-refractivity contribution < 1.29 is 22.7 Å². The molecule has 0 saturated carbocycles. The summed E-state index contributed by atoms with van der Waals surface area (Å²) in [6.45, 7) is 2.53. The summed E-state index contributed by atoms with van der Waals surface area (Å²) in [4.78, 5) is 29.2. The summed E-state index contributed by atoms with van der Waals surface area (Å²) in [6, 6.07) is 10.1. The number of hydrogen-bond donors (Lipinski definition) is 1. The van der Waals surface area contributed by atoms with E-state index in [1.54, 1.807) is 26.4 Å². The van der Waals surface area contributed by atoms with Crippen molar-refractivity contribution >= 4 is 26.8 Å². The van der Waals surface area contributed by atoms with Crippen LogP contribution in [0.3, 0.4) is 0 Å². The van der Waals surface area contributed by atoms with E-state index in [2.05, 4.69) is 10.3 Å². The van der Waals surface area contributed by atoms with Crippen LogP contribution in [0.4, 0.5) is 0 Å². The van der Waals surface area contributed by atoms with Crippen LogP contribution in [-0.2, 0) is 27.8 Å². The van der Waals surface area contributed by atoms with E-state index in [0.717, 1.165) is 24.8 Å². The highest BCUT2D eigenvalue weighted by atomic mass is 32.2. The van der Waals surface area contributed by atoms with E-state index < -0.39 is 15.7 Å². The maximum atomic E-state index is 13.2. The summed E-state index contributed by atoms with van der Waals surface area (Å²) in [5.74, 6) is 0.881. The summed E-state index contributed by atoms with van der Waals surface area (Å²) in [5.41, 5.74) is 0.821. The molecule has 0 radical (unpaired) electrons. The molecule has 0 spiro atoms. The lowest BCUT2D eigenvalue weighted by Gasteiger charge is -2.32. The first-order valence-electron chi connectivity index (χ1n) is 12.2. The Labute approximate surface area is 216 Å². The van der Waals surface area contributed by atoms with Gasteiger partial charge in [-0.25, -0.2) is 18.2 Å². The van der Waals surface area contributed by atoms with Gasteiger partial charge in [0.25, 0.3) is 0 Å². The summed E-state index contributed by atoms with van der Waals surface area (Å²) in [6.07, 6.45) is 4.58. The number of benzene rings is 2. The minimum Gasteiger partial charge on any atom is -0.493 e. The van der Waals surface area contributed by atoms with E-state index in [4.69, 9.17) is 9.47 Å². The monoisotopic (exact) mass is 528 g/mol. The van der Waals surface area contributed by atoms with Crippen LogP contribution in [0.25, 0.3) is 10.9 Å². The normalized spacial score (nSPS) is 16.5. The zero-order chi connectivity index (χ0) is 26.6. The highest BCUT2D eigenvalue weighted by Gasteiger charge is 2.31. The molecule has 37 heavy (non-hydrogen) atoms. The van der Waals surface area contributed by atoms with Crippen LogP contribution in [0.2, 0.25) is 0 Å². The fourth-order valence-corrected chi connectivity index (χ4v) is 6.37. The van der Waals surface area contributed by atoms with Gasteiger partial charge in [-0.2, -0.15) is 4.31 Å². The number of hydrogen-bond acceptors (Lipinski definition) is 7. The van der Waals surface area contributed by atoms with Gasteiger partial charge in [-0.3, -0.25) is 9.36 Å². The van der Waals surface area contributed by atoms with Gasteiger partial charge in [0.05, 0.1) is 24.6 Å². The highest BCUT2D eigenvalue weighted by molar-refractivity contribution is 7.89. The van der Waals surface area contributed by atoms with Crippen LogP contribution in [0, 0.1) is 0 Å². The predicted octanol–water partition coefficient (Wildman–Crippen LogP) is 2.34. The first-order valence-corrected chi connectivity index (χ1v) is 13.7. The van der Waals surface area contributed by atoms with Crippen molar-refractivity contribution in [3.05, 3.63) is 58.6 Å². The Balaban J connectivity index is 1.47. The first-order chi connectivity index (χ1) is 17.7. The van der Waals surface area contributed by atoms with Gasteiger partial charge in [-0.1, -0.05) is 12.5 Å². The molecule has 0 bridgehead atoms. The molecular weight excluding hydrogens is 496 g/mol. The zero-order valence-electron chi connectivity index (χ0n) is 21.3. The zero-order valence-corrected chi connectivity index (χ0v) is 22.1. The summed E-state index contributed by atoms with van der Waals surface area (Å²) in [5, 5.41) is 3.30. The number of methoxy groups -OCH3 is 2. The second-order valence-electron chi connectivity index (χ2n) is 9.10. The van der Waals surface area contributed by atoms with E-state index in [-0.39, 0.29) is 23.4 Å². The van der Waals surface area contributed by atoms with Crippen molar-refractivity contribution in [3.8, 4) is 11.5 Å². The number of sulfonamides is 1. The van der Waals surface area contributed by atoms with Gasteiger partial charge in [-0.05, 0) is 62.1 Å². The number of aromatic nitrogens is 2. The molecule has 4 rings (SSSR count). The van der Waals surface area contributed by atoms with Gasteiger partial charge in [0, 0.05) is 30.7 Å². The number of amides is 1. The predicted molar refractivity (Wildman–Crippen MR) is 139 cm³/mol. The maximum Gasteiger partial charge on any atom is 0.348 e. The number of ether oxygens (including phenoxy) is 2. The fourth-order valence-electron chi connectivity index (χ4n) is 4.64.